The maximum Gasteiger partial charge on any atom is 0.260 e. The summed E-state index contributed by atoms with van der Waals surface area (Å²) < 4.78 is 16.3. The van der Waals surface area contributed by atoms with Gasteiger partial charge in [-0.3, -0.25) is 4.79 Å². The molecule has 0 fully saturated rings. The van der Waals surface area contributed by atoms with Crippen molar-refractivity contribution in [2.75, 3.05) is 0 Å². The Bertz CT molecular complexity index is 1510. The quantitative estimate of drug-likeness (QED) is 0.402. The molecular formula is C25H20FN3OS. The maximum atomic E-state index is 14.3. The lowest BCUT2D eigenvalue weighted by atomic mass is 9.97. The van der Waals surface area contributed by atoms with Crippen molar-refractivity contribution >= 4 is 32.5 Å². The molecule has 154 valence electrons. The highest BCUT2D eigenvalue weighted by atomic mass is 32.1. The molecule has 4 nitrogen and oxygen atoms in total. The fourth-order valence-electron chi connectivity index (χ4n) is 4.67. The van der Waals surface area contributed by atoms with E-state index in [1.54, 1.807) is 23.5 Å². The number of nitrogens with zero attached hydrogens (tertiary/aromatic N) is 2. The van der Waals surface area contributed by atoms with E-state index in [1.807, 2.05) is 41.1 Å². The molecule has 0 aliphatic heterocycles. The zero-order valence-corrected chi connectivity index (χ0v) is 17.6. The Morgan fingerprint density at radius 3 is 2.77 bits per heavy atom. The van der Waals surface area contributed by atoms with Crippen LogP contribution < -0.4 is 5.56 Å². The summed E-state index contributed by atoms with van der Waals surface area (Å²) in [6, 6.07) is 14.8. The van der Waals surface area contributed by atoms with Crippen LogP contribution in [0.15, 0.2) is 59.5 Å². The molecule has 1 N–H and O–H groups in total. The van der Waals surface area contributed by atoms with Crippen molar-refractivity contribution in [2.45, 2.75) is 32.2 Å². The topological polar surface area (TPSA) is 50.7 Å². The molecule has 6 rings (SSSR count). The molecule has 0 saturated carbocycles. The van der Waals surface area contributed by atoms with Crippen LogP contribution in [0.4, 0.5) is 4.39 Å². The van der Waals surface area contributed by atoms with Gasteiger partial charge in [-0.15, -0.1) is 11.3 Å². The highest BCUT2D eigenvalue weighted by molar-refractivity contribution is 7.18. The standard InChI is InChI=1S/C25H20FN3OS/c26-19-10-4-1-7-15(19)13-29-14-18(16-8-2-5-11-20(16)29)23-27-24(30)22-17-9-3-6-12-21(17)31-25(22)28-23/h1-2,4-5,7-8,10-11,14H,3,6,9,12-13H2,(H,27,28,30). The van der Waals surface area contributed by atoms with Crippen LogP contribution in [0.25, 0.3) is 32.5 Å². The van der Waals surface area contributed by atoms with Crippen LogP contribution in [0.1, 0.15) is 28.8 Å². The number of fused-ring (bicyclic) bond motifs is 4. The number of hydrogen-bond donors (Lipinski definition) is 1. The van der Waals surface area contributed by atoms with Gasteiger partial charge in [-0.2, -0.15) is 0 Å². The molecule has 1 aliphatic rings. The van der Waals surface area contributed by atoms with Crippen molar-refractivity contribution < 1.29 is 4.39 Å². The van der Waals surface area contributed by atoms with Crippen LogP contribution >= 0.6 is 11.3 Å². The molecule has 0 bridgehead atoms. The number of aryl methyl sites for hydroxylation is 2. The molecule has 0 atom stereocenters. The number of aromatic amines is 1. The minimum Gasteiger partial charge on any atom is -0.342 e. The van der Waals surface area contributed by atoms with Gasteiger partial charge in [0.05, 0.1) is 11.9 Å². The van der Waals surface area contributed by atoms with Crippen molar-refractivity contribution in [3.8, 4) is 11.4 Å². The van der Waals surface area contributed by atoms with E-state index < -0.39 is 0 Å². The largest absolute Gasteiger partial charge is 0.342 e. The summed E-state index contributed by atoms with van der Waals surface area (Å²) in [5.41, 5.74) is 3.59. The first-order valence-corrected chi connectivity index (χ1v) is 11.4. The number of H-pyrrole nitrogens is 1. The number of rotatable bonds is 3. The van der Waals surface area contributed by atoms with Crippen LogP contribution in [-0.4, -0.2) is 14.5 Å². The lowest BCUT2D eigenvalue weighted by Gasteiger charge is -2.09. The minimum absolute atomic E-state index is 0.0645. The van der Waals surface area contributed by atoms with E-state index in [4.69, 9.17) is 4.98 Å². The zero-order chi connectivity index (χ0) is 20.9. The zero-order valence-electron chi connectivity index (χ0n) is 16.8. The highest BCUT2D eigenvalue weighted by Crippen LogP contribution is 2.35. The van der Waals surface area contributed by atoms with E-state index >= 15 is 0 Å². The molecule has 1 aliphatic carbocycles. The predicted molar refractivity (Wildman–Crippen MR) is 123 cm³/mol. The number of hydrogen-bond acceptors (Lipinski definition) is 3. The smallest absolute Gasteiger partial charge is 0.260 e. The Balaban J connectivity index is 1.53. The number of aromatic nitrogens is 3. The van der Waals surface area contributed by atoms with Crippen LogP contribution in [0.2, 0.25) is 0 Å². The Hall–Kier alpha value is -3.25. The summed E-state index contributed by atoms with van der Waals surface area (Å²) in [5, 5.41) is 1.75. The first-order valence-electron chi connectivity index (χ1n) is 10.6. The predicted octanol–water partition coefficient (Wildman–Crippen LogP) is 5.67. The first-order chi connectivity index (χ1) is 15.2. The van der Waals surface area contributed by atoms with E-state index in [2.05, 4.69) is 4.98 Å². The van der Waals surface area contributed by atoms with Gasteiger partial charge in [-0.1, -0.05) is 36.4 Å². The molecule has 0 radical (unpaired) electrons. The normalized spacial score (nSPS) is 13.7. The molecule has 0 unspecified atom stereocenters. The second kappa shape index (κ2) is 7.17. The van der Waals surface area contributed by atoms with Crippen LogP contribution in [-0.2, 0) is 19.4 Å². The number of benzene rings is 2. The third kappa shape index (κ3) is 3.01. The summed E-state index contributed by atoms with van der Waals surface area (Å²) in [5.74, 6) is 0.346. The van der Waals surface area contributed by atoms with E-state index in [0.717, 1.165) is 45.9 Å². The van der Waals surface area contributed by atoms with Gasteiger partial charge in [0, 0.05) is 33.1 Å². The van der Waals surface area contributed by atoms with Gasteiger partial charge in [0.25, 0.3) is 5.56 Å². The Morgan fingerprint density at radius 2 is 1.87 bits per heavy atom. The van der Waals surface area contributed by atoms with E-state index in [-0.39, 0.29) is 11.4 Å². The van der Waals surface area contributed by atoms with Gasteiger partial charge in [-0.25, -0.2) is 9.37 Å². The minimum atomic E-state index is -0.223. The lowest BCUT2D eigenvalue weighted by Crippen LogP contribution is -2.11. The summed E-state index contributed by atoms with van der Waals surface area (Å²) >= 11 is 1.65. The Labute approximate surface area is 182 Å². The third-order valence-corrected chi connectivity index (χ3v) is 7.35. The van der Waals surface area contributed by atoms with Crippen molar-refractivity contribution in [3.05, 3.63) is 86.9 Å². The molecular weight excluding hydrogens is 409 g/mol. The molecule has 3 aromatic heterocycles. The molecule has 6 heteroatoms. The van der Waals surface area contributed by atoms with E-state index in [0.29, 0.717) is 17.9 Å². The Kier molecular flexibility index (Phi) is 4.28. The number of para-hydroxylation sites is 1. The Morgan fingerprint density at radius 1 is 1.06 bits per heavy atom. The van der Waals surface area contributed by atoms with Crippen LogP contribution in [0, 0.1) is 5.82 Å². The molecule has 3 heterocycles. The number of nitrogens with one attached hydrogen (secondary N) is 1. The summed E-state index contributed by atoms with van der Waals surface area (Å²) in [7, 11) is 0. The fraction of sp³-hybridized carbons (Fsp3) is 0.200. The molecule has 0 saturated heterocycles. The second-order valence-corrected chi connectivity index (χ2v) is 9.17. The van der Waals surface area contributed by atoms with Gasteiger partial charge in [-0.05, 0) is 43.4 Å². The van der Waals surface area contributed by atoms with E-state index in [1.165, 1.54) is 22.9 Å². The van der Waals surface area contributed by atoms with Gasteiger partial charge in [0.2, 0.25) is 0 Å². The number of halogens is 1. The molecule has 31 heavy (non-hydrogen) atoms. The second-order valence-electron chi connectivity index (χ2n) is 8.08. The van der Waals surface area contributed by atoms with Crippen molar-refractivity contribution in [1.29, 1.82) is 0 Å². The van der Waals surface area contributed by atoms with Crippen LogP contribution in [0.3, 0.4) is 0 Å². The lowest BCUT2D eigenvalue weighted by molar-refractivity contribution is 0.602. The molecule has 0 spiro atoms. The van der Waals surface area contributed by atoms with Gasteiger partial charge in [0.1, 0.15) is 16.5 Å². The average molecular weight is 430 g/mol. The van der Waals surface area contributed by atoms with Crippen molar-refractivity contribution in [3.63, 3.8) is 0 Å². The van der Waals surface area contributed by atoms with Gasteiger partial charge >= 0.3 is 0 Å². The maximum absolute atomic E-state index is 14.3. The SMILES string of the molecule is O=c1[nH]c(-c2cn(Cc3ccccc3F)c3ccccc23)nc2sc3c(c12)CCCC3. The monoisotopic (exact) mass is 429 g/mol. The average Bonchev–Trinajstić information content (AvgIpc) is 3.34. The van der Waals surface area contributed by atoms with Crippen molar-refractivity contribution in [2.24, 2.45) is 0 Å². The third-order valence-electron chi connectivity index (χ3n) is 6.17. The molecule has 5 aromatic rings. The highest BCUT2D eigenvalue weighted by Gasteiger charge is 2.21. The van der Waals surface area contributed by atoms with Gasteiger partial charge in [0.15, 0.2) is 0 Å². The molecule has 2 aromatic carbocycles. The van der Waals surface area contributed by atoms with E-state index in [9.17, 15) is 9.18 Å². The first kappa shape index (κ1) is 18.5. The number of thiophene rings is 1. The van der Waals surface area contributed by atoms with Gasteiger partial charge < -0.3 is 9.55 Å². The van der Waals surface area contributed by atoms with Crippen LogP contribution in [0.5, 0.6) is 0 Å². The summed E-state index contributed by atoms with van der Waals surface area (Å²) in [4.78, 5) is 23.1. The summed E-state index contributed by atoms with van der Waals surface area (Å²) in [6.45, 7) is 0.410. The van der Waals surface area contributed by atoms with Crippen molar-refractivity contribution in [1.82, 2.24) is 14.5 Å². The fourth-order valence-corrected chi connectivity index (χ4v) is 5.93. The summed E-state index contributed by atoms with van der Waals surface area (Å²) in [6.07, 6.45) is 6.26. The molecule has 0 amide bonds.